The molecule has 8 nitrogen and oxygen atoms in total. The summed E-state index contributed by atoms with van der Waals surface area (Å²) in [7, 11) is 0. The van der Waals surface area contributed by atoms with Crippen LogP contribution in [0.1, 0.15) is 42.7 Å². The van der Waals surface area contributed by atoms with E-state index in [1.54, 1.807) is 53.4 Å². The van der Waals surface area contributed by atoms with Gasteiger partial charge in [-0.3, -0.25) is 24.5 Å². The summed E-state index contributed by atoms with van der Waals surface area (Å²) in [4.78, 5) is 51.3. The summed E-state index contributed by atoms with van der Waals surface area (Å²) in [5.41, 5.74) is 2.24. The molecule has 0 bridgehead atoms. The summed E-state index contributed by atoms with van der Waals surface area (Å²) in [6, 6.07) is 29.0. The second kappa shape index (κ2) is 9.87. The second-order valence-electron chi connectivity index (χ2n) is 8.58. The second-order valence-corrected chi connectivity index (χ2v) is 8.58. The average molecular weight is 492 g/mol. The summed E-state index contributed by atoms with van der Waals surface area (Å²) >= 11 is 0. The Morgan fingerprint density at radius 2 is 1.35 bits per heavy atom. The molecule has 0 aliphatic carbocycles. The van der Waals surface area contributed by atoms with Crippen LogP contribution < -0.4 is 5.32 Å². The molecule has 8 heteroatoms. The lowest BCUT2D eigenvalue weighted by atomic mass is 10.0. The standard InChI is InChI=1S/C29H21N3O5/c33-27(20-10-5-2-6-11-20)26-25(19-8-3-1-4-9-19)31(26)29(35)22-12-7-13-23(18-22)30-28(34)21-14-16-24(17-15-21)32(36)37/h1-18,25-26H,(H,30,34)/t25-,26-,31?/m0/s1. The quantitative estimate of drug-likeness (QED) is 0.163. The van der Waals surface area contributed by atoms with E-state index >= 15 is 0 Å². The Hall–Kier alpha value is -5.11. The van der Waals surface area contributed by atoms with Crippen LogP contribution in [0.3, 0.4) is 0 Å². The van der Waals surface area contributed by atoms with Gasteiger partial charge in [0.1, 0.15) is 6.04 Å². The van der Waals surface area contributed by atoms with Gasteiger partial charge in [0.2, 0.25) is 0 Å². The zero-order valence-corrected chi connectivity index (χ0v) is 19.5. The molecule has 0 saturated carbocycles. The van der Waals surface area contributed by atoms with Crippen LogP contribution in [0.15, 0.2) is 109 Å². The van der Waals surface area contributed by atoms with Gasteiger partial charge in [-0.15, -0.1) is 0 Å². The molecule has 2 atom stereocenters. The Morgan fingerprint density at radius 1 is 0.730 bits per heavy atom. The summed E-state index contributed by atoms with van der Waals surface area (Å²) in [5.74, 6) is -0.925. The van der Waals surface area contributed by atoms with Crippen molar-refractivity contribution in [1.82, 2.24) is 4.90 Å². The number of nitrogens with one attached hydrogen (secondary N) is 1. The highest BCUT2D eigenvalue weighted by Crippen LogP contribution is 2.46. The molecule has 0 aromatic heterocycles. The number of nitro groups is 1. The molecule has 182 valence electrons. The minimum absolute atomic E-state index is 0.116. The van der Waals surface area contributed by atoms with Crippen molar-refractivity contribution in [3.63, 3.8) is 0 Å². The van der Waals surface area contributed by atoms with Crippen molar-refractivity contribution in [2.75, 3.05) is 5.32 Å². The number of non-ortho nitro benzene ring substituents is 1. The van der Waals surface area contributed by atoms with E-state index in [1.165, 1.54) is 24.3 Å². The lowest BCUT2D eigenvalue weighted by molar-refractivity contribution is -0.384. The van der Waals surface area contributed by atoms with E-state index < -0.39 is 16.9 Å². The number of nitrogens with zero attached hydrogens (tertiary/aromatic N) is 2. The highest BCUT2D eigenvalue weighted by atomic mass is 16.6. The Balaban J connectivity index is 1.37. The lowest BCUT2D eigenvalue weighted by Crippen LogP contribution is -2.19. The predicted molar refractivity (Wildman–Crippen MR) is 137 cm³/mol. The number of rotatable bonds is 7. The molecule has 1 heterocycles. The van der Waals surface area contributed by atoms with Crippen molar-refractivity contribution in [1.29, 1.82) is 0 Å². The Bertz CT molecular complexity index is 1490. The molecule has 4 aromatic rings. The minimum atomic E-state index is -0.629. The van der Waals surface area contributed by atoms with Crippen molar-refractivity contribution in [3.8, 4) is 0 Å². The van der Waals surface area contributed by atoms with Gasteiger partial charge >= 0.3 is 0 Å². The van der Waals surface area contributed by atoms with Crippen LogP contribution in [0.5, 0.6) is 0 Å². The first-order valence-electron chi connectivity index (χ1n) is 11.6. The molecule has 1 aliphatic heterocycles. The first-order chi connectivity index (χ1) is 17.9. The van der Waals surface area contributed by atoms with Crippen molar-refractivity contribution in [3.05, 3.63) is 142 Å². The fourth-order valence-corrected chi connectivity index (χ4v) is 4.34. The number of ketones is 1. The lowest BCUT2D eigenvalue weighted by Gasteiger charge is -2.09. The van der Waals surface area contributed by atoms with Gasteiger partial charge in [-0.25, -0.2) is 0 Å². The normalized spacial score (nSPS) is 16.1. The number of Topliss-reactive ketones (excluding diaryl/α,β-unsaturated/α-hetero) is 1. The maximum absolute atomic E-state index is 13.5. The van der Waals surface area contributed by atoms with E-state index in [1.807, 2.05) is 36.4 Å². The maximum atomic E-state index is 13.5. The number of benzene rings is 4. The van der Waals surface area contributed by atoms with Crippen LogP contribution >= 0.6 is 0 Å². The maximum Gasteiger partial charge on any atom is 0.269 e. The van der Waals surface area contributed by atoms with Crippen LogP contribution in [0.25, 0.3) is 0 Å². The van der Waals surface area contributed by atoms with Crippen molar-refractivity contribution in [2.45, 2.75) is 12.1 Å². The summed E-state index contributed by atoms with van der Waals surface area (Å²) < 4.78 is 0. The number of nitro benzene ring substituents is 1. The van der Waals surface area contributed by atoms with E-state index in [0.717, 1.165) is 5.56 Å². The minimum Gasteiger partial charge on any atom is -0.322 e. The van der Waals surface area contributed by atoms with Gasteiger partial charge in [-0.1, -0.05) is 66.7 Å². The fourth-order valence-electron chi connectivity index (χ4n) is 4.34. The third kappa shape index (κ3) is 4.85. The molecule has 1 saturated heterocycles. The molecule has 5 rings (SSSR count). The molecule has 0 unspecified atom stereocenters. The van der Waals surface area contributed by atoms with E-state index in [0.29, 0.717) is 16.8 Å². The fraction of sp³-hybridized carbons (Fsp3) is 0.0690. The summed E-state index contributed by atoms with van der Waals surface area (Å²) in [6.07, 6.45) is 0. The number of carbonyl (C=O) groups is 3. The largest absolute Gasteiger partial charge is 0.322 e. The van der Waals surface area contributed by atoms with Gasteiger partial charge in [0.05, 0.1) is 11.0 Å². The molecule has 2 amide bonds. The van der Waals surface area contributed by atoms with Crippen molar-refractivity contribution >= 4 is 29.0 Å². The third-order valence-corrected chi connectivity index (χ3v) is 6.22. The van der Waals surface area contributed by atoms with Crippen LogP contribution in [0.2, 0.25) is 0 Å². The van der Waals surface area contributed by atoms with Gasteiger partial charge in [0.15, 0.2) is 5.78 Å². The van der Waals surface area contributed by atoms with Crippen LogP contribution in [-0.2, 0) is 0 Å². The zero-order chi connectivity index (χ0) is 25.9. The van der Waals surface area contributed by atoms with Gasteiger partial charge in [-0.2, -0.15) is 0 Å². The molecular formula is C29H21N3O5. The zero-order valence-electron chi connectivity index (χ0n) is 19.5. The van der Waals surface area contributed by atoms with Crippen LogP contribution in [-0.4, -0.2) is 33.5 Å². The molecule has 37 heavy (non-hydrogen) atoms. The van der Waals surface area contributed by atoms with E-state index in [4.69, 9.17) is 0 Å². The van der Waals surface area contributed by atoms with Crippen LogP contribution in [0.4, 0.5) is 11.4 Å². The highest BCUT2D eigenvalue weighted by molar-refractivity contribution is 6.09. The number of carbonyl (C=O) groups excluding carboxylic acids is 3. The monoisotopic (exact) mass is 491 g/mol. The van der Waals surface area contributed by atoms with Gasteiger partial charge < -0.3 is 10.2 Å². The number of hydrogen-bond donors (Lipinski definition) is 1. The first-order valence-corrected chi connectivity index (χ1v) is 11.6. The van der Waals surface area contributed by atoms with Crippen molar-refractivity contribution in [2.24, 2.45) is 0 Å². The SMILES string of the molecule is O=C(Nc1cccc(C(=O)N2[C@H](C(=O)c3ccccc3)[C@@H]2c2ccccc2)c1)c1ccc([N+](=O)[O-])cc1. The van der Waals surface area contributed by atoms with E-state index in [9.17, 15) is 24.5 Å². The van der Waals surface area contributed by atoms with E-state index in [-0.39, 0.29) is 29.0 Å². The van der Waals surface area contributed by atoms with Crippen molar-refractivity contribution < 1.29 is 19.3 Å². The molecule has 4 aromatic carbocycles. The number of anilines is 1. The molecular weight excluding hydrogens is 470 g/mol. The molecule has 0 radical (unpaired) electrons. The molecule has 1 aliphatic rings. The average Bonchev–Trinajstić information content (AvgIpc) is 3.69. The molecule has 0 spiro atoms. The number of amides is 2. The summed E-state index contributed by atoms with van der Waals surface area (Å²) in [6.45, 7) is 0. The molecule has 1 fully saturated rings. The molecule has 1 N–H and O–H groups in total. The predicted octanol–water partition coefficient (Wildman–Crippen LogP) is 5.30. The Morgan fingerprint density at radius 3 is 2.00 bits per heavy atom. The topological polar surface area (TPSA) is 109 Å². The first kappa shape index (κ1) is 23.6. The Labute approximate surface area is 212 Å². The smallest absolute Gasteiger partial charge is 0.269 e. The third-order valence-electron chi connectivity index (χ3n) is 6.22. The van der Waals surface area contributed by atoms with E-state index in [2.05, 4.69) is 5.32 Å². The Kier molecular flexibility index (Phi) is 6.30. The van der Waals surface area contributed by atoms with Gasteiger partial charge in [-0.05, 0) is 35.9 Å². The van der Waals surface area contributed by atoms with Gasteiger partial charge in [0, 0.05) is 34.5 Å². The summed E-state index contributed by atoms with van der Waals surface area (Å²) in [5, 5.41) is 13.6. The highest BCUT2D eigenvalue weighted by Gasteiger charge is 2.56. The number of hydrogen-bond acceptors (Lipinski definition) is 5. The van der Waals surface area contributed by atoms with Crippen LogP contribution in [0, 0.1) is 10.1 Å². The van der Waals surface area contributed by atoms with Gasteiger partial charge in [0.25, 0.3) is 17.5 Å².